The highest BCUT2D eigenvalue weighted by Crippen LogP contribution is 2.20. The van der Waals surface area contributed by atoms with Gasteiger partial charge in [0.25, 0.3) is 5.91 Å². The van der Waals surface area contributed by atoms with Crippen molar-refractivity contribution >= 4 is 30.7 Å². The SMILES string of the molecule is Cc1c(C(=O)NC(CC(C)C)CN(C)C)nnn1C1CCNCC1.Cl.Cl. The lowest BCUT2D eigenvalue weighted by molar-refractivity contribution is 0.0918. The molecular weight excluding hydrogens is 375 g/mol. The van der Waals surface area contributed by atoms with E-state index in [1.807, 2.05) is 25.7 Å². The fraction of sp³-hybridized carbons (Fsp3) is 0.824. The fourth-order valence-corrected chi connectivity index (χ4v) is 3.39. The molecule has 2 rings (SSSR count). The second kappa shape index (κ2) is 11.7. The number of carbonyl (C=O) groups is 1. The van der Waals surface area contributed by atoms with E-state index in [-0.39, 0.29) is 36.8 Å². The first-order chi connectivity index (χ1) is 11.4. The van der Waals surface area contributed by atoms with E-state index in [4.69, 9.17) is 0 Å². The number of aromatic nitrogens is 3. The first kappa shape index (κ1) is 25.1. The van der Waals surface area contributed by atoms with Crippen molar-refractivity contribution in [2.75, 3.05) is 33.7 Å². The first-order valence-corrected chi connectivity index (χ1v) is 8.96. The van der Waals surface area contributed by atoms with E-state index in [2.05, 4.69) is 39.7 Å². The van der Waals surface area contributed by atoms with Gasteiger partial charge >= 0.3 is 0 Å². The van der Waals surface area contributed by atoms with E-state index in [1.54, 1.807) is 0 Å². The summed E-state index contributed by atoms with van der Waals surface area (Å²) >= 11 is 0. The summed E-state index contributed by atoms with van der Waals surface area (Å²) in [5, 5.41) is 14.9. The maximum absolute atomic E-state index is 12.7. The normalized spacial score (nSPS) is 16.1. The highest BCUT2D eigenvalue weighted by Gasteiger charge is 2.24. The molecule has 152 valence electrons. The third kappa shape index (κ3) is 7.02. The Hall–Kier alpha value is -0.890. The monoisotopic (exact) mass is 408 g/mol. The summed E-state index contributed by atoms with van der Waals surface area (Å²) in [6.07, 6.45) is 3.01. The van der Waals surface area contributed by atoms with Crippen LogP contribution in [0.5, 0.6) is 0 Å². The molecule has 1 unspecified atom stereocenters. The summed E-state index contributed by atoms with van der Waals surface area (Å²) in [5.74, 6) is 0.418. The number of halogens is 2. The van der Waals surface area contributed by atoms with Crippen LogP contribution in [0.2, 0.25) is 0 Å². The average Bonchev–Trinajstić information content (AvgIpc) is 2.88. The molecule has 1 fully saturated rings. The maximum atomic E-state index is 12.7. The van der Waals surface area contributed by atoms with Gasteiger partial charge in [-0.2, -0.15) is 0 Å². The Kier molecular flexibility index (Phi) is 11.3. The molecule has 1 aromatic rings. The zero-order valence-corrected chi connectivity index (χ0v) is 18.1. The van der Waals surface area contributed by atoms with Gasteiger partial charge in [-0.3, -0.25) is 4.79 Å². The second-order valence-electron chi connectivity index (χ2n) is 7.51. The molecule has 1 aliphatic rings. The minimum absolute atomic E-state index is 0. The topological polar surface area (TPSA) is 75.1 Å². The van der Waals surface area contributed by atoms with E-state index in [9.17, 15) is 4.79 Å². The average molecular weight is 409 g/mol. The van der Waals surface area contributed by atoms with Crippen LogP contribution in [0.1, 0.15) is 55.3 Å². The van der Waals surface area contributed by atoms with Gasteiger partial charge in [0.2, 0.25) is 0 Å². The van der Waals surface area contributed by atoms with Gasteiger partial charge in [-0.25, -0.2) is 4.68 Å². The smallest absolute Gasteiger partial charge is 0.274 e. The van der Waals surface area contributed by atoms with Crippen LogP contribution < -0.4 is 10.6 Å². The van der Waals surface area contributed by atoms with Crippen LogP contribution in [0.25, 0.3) is 0 Å². The van der Waals surface area contributed by atoms with Crippen molar-refractivity contribution < 1.29 is 4.79 Å². The van der Waals surface area contributed by atoms with Crippen molar-refractivity contribution in [1.29, 1.82) is 0 Å². The molecule has 2 heterocycles. The van der Waals surface area contributed by atoms with E-state index >= 15 is 0 Å². The number of carbonyl (C=O) groups excluding carboxylic acids is 1. The number of hydrogen-bond donors (Lipinski definition) is 2. The lowest BCUT2D eigenvalue weighted by Crippen LogP contribution is -2.42. The summed E-state index contributed by atoms with van der Waals surface area (Å²) in [6, 6.07) is 0.462. The lowest BCUT2D eigenvalue weighted by Gasteiger charge is -2.24. The minimum atomic E-state index is -0.111. The van der Waals surface area contributed by atoms with Gasteiger partial charge in [0.05, 0.1) is 11.7 Å². The summed E-state index contributed by atoms with van der Waals surface area (Å²) in [4.78, 5) is 14.8. The predicted molar refractivity (Wildman–Crippen MR) is 110 cm³/mol. The molecule has 1 atom stereocenters. The molecule has 2 N–H and O–H groups in total. The number of nitrogens with zero attached hydrogens (tertiary/aromatic N) is 4. The first-order valence-electron chi connectivity index (χ1n) is 8.96. The van der Waals surface area contributed by atoms with Gasteiger partial charge in [0, 0.05) is 12.6 Å². The van der Waals surface area contributed by atoms with Crippen LogP contribution in [0.15, 0.2) is 0 Å². The number of rotatable bonds is 7. The van der Waals surface area contributed by atoms with Gasteiger partial charge in [0.15, 0.2) is 5.69 Å². The minimum Gasteiger partial charge on any atom is -0.347 e. The molecule has 1 saturated heterocycles. The zero-order chi connectivity index (χ0) is 17.7. The molecule has 0 saturated carbocycles. The Balaban J connectivity index is 0.00000312. The van der Waals surface area contributed by atoms with Crippen molar-refractivity contribution in [3.05, 3.63) is 11.4 Å². The highest BCUT2D eigenvalue weighted by atomic mass is 35.5. The van der Waals surface area contributed by atoms with E-state index < -0.39 is 0 Å². The van der Waals surface area contributed by atoms with Crippen LogP contribution in [0, 0.1) is 12.8 Å². The number of nitrogens with one attached hydrogen (secondary N) is 2. The molecule has 7 nitrogen and oxygen atoms in total. The second-order valence-corrected chi connectivity index (χ2v) is 7.51. The molecule has 0 radical (unpaired) electrons. The Morgan fingerprint density at radius 1 is 1.31 bits per heavy atom. The van der Waals surface area contributed by atoms with Crippen LogP contribution in [0.4, 0.5) is 0 Å². The van der Waals surface area contributed by atoms with Gasteiger partial charge in [-0.15, -0.1) is 29.9 Å². The van der Waals surface area contributed by atoms with Crippen LogP contribution in [0.3, 0.4) is 0 Å². The third-order valence-electron chi connectivity index (χ3n) is 4.47. The quantitative estimate of drug-likeness (QED) is 0.721. The van der Waals surface area contributed by atoms with Crippen molar-refractivity contribution in [3.8, 4) is 0 Å². The van der Waals surface area contributed by atoms with E-state index in [0.717, 1.165) is 44.6 Å². The number of hydrogen-bond acceptors (Lipinski definition) is 5. The van der Waals surface area contributed by atoms with Gasteiger partial charge in [-0.05, 0) is 59.3 Å². The highest BCUT2D eigenvalue weighted by molar-refractivity contribution is 5.93. The van der Waals surface area contributed by atoms with Crippen LogP contribution in [-0.2, 0) is 0 Å². The summed E-state index contributed by atoms with van der Waals surface area (Å²) < 4.78 is 1.93. The maximum Gasteiger partial charge on any atom is 0.274 e. The standard InChI is InChI=1S/C17H32N6O.2ClH/c1-12(2)10-14(11-22(4)5)19-17(24)16-13(3)23(21-20-16)15-6-8-18-9-7-15;;/h12,14-15,18H,6-11H2,1-5H3,(H,19,24);2*1H. The van der Waals surface area contributed by atoms with Crippen LogP contribution in [-0.4, -0.2) is 65.6 Å². The van der Waals surface area contributed by atoms with Crippen molar-refractivity contribution in [1.82, 2.24) is 30.5 Å². The third-order valence-corrected chi connectivity index (χ3v) is 4.47. The summed E-state index contributed by atoms with van der Waals surface area (Å²) in [5.41, 5.74) is 1.33. The molecule has 0 spiro atoms. The van der Waals surface area contributed by atoms with E-state index in [0.29, 0.717) is 17.7 Å². The van der Waals surface area contributed by atoms with Gasteiger partial charge in [0.1, 0.15) is 0 Å². The summed E-state index contributed by atoms with van der Waals surface area (Å²) in [6.45, 7) is 9.10. The predicted octanol–water partition coefficient (Wildman–Crippen LogP) is 2.06. The Labute approximate surface area is 169 Å². The Morgan fingerprint density at radius 2 is 1.92 bits per heavy atom. The molecule has 1 aromatic heterocycles. The fourth-order valence-electron chi connectivity index (χ4n) is 3.39. The largest absolute Gasteiger partial charge is 0.347 e. The van der Waals surface area contributed by atoms with Gasteiger partial charge in [-0.1, -0.05) is 19.1 Å². The molecule has 1 aliphatic heterocycles. The Bertz CT molecular complexity index is 533. The molecule has 0 bridgehead atoms. The molecule has 1 amide bonds. The molecule has 26 heavy (non-hydrogen) atoms. The summed E-state index contributed by atoms with van der Waals surface area (Å²) in [7, 11) is 4.05. The zero-order valence-electron chi connectivity index (χ0n) is 16.5. The number of piperidine rings is 1. The lowest BCUT2D eigenvalue weighted by atomic mass is 10.0. The number of likely N-dealkylation sites (N-methyl/N-ethyl adjacent to an activating group) is 1. The van der Waals surface area contributed by atoms with Crippen LogP contribution >= 0.6 is 24.8 Å². The molecule has 9 heteroatoms. The van der Waals surface area contributed by atoms with E-state index in [1.165, 1.54) is 0 Å². The van der Waals surface area contributed by atoms with Crippen molar-refractivity contribution in [3.63, 3.8) is 0 Å². The van der Waals surface area contributed by atoms with Crippen molar-refractivity contribution in [2.45, 2.75) is 52.1 Å². The molecule has 0 aliphatic carbocycles. The van der Waals surface area contributed by atoms with Crippen molar-refractivity contribution in [2.24, 2.45) is 5.92 Å². The number of amides is 1. The molecule has 0 aromatic carbocycles. The van der Waals surface area contributed by atoms with Gasteiger partial charge < -0.3 is 15.5 Å². The molecular formula is C17H34Cl2N6O. The Morgan fingerprint density at radius 3 is 2.46 bits per heavy atom.